The molecule has 2 heterocycles. The molecule has 0 spiro atoms. The summed E-state index contributed by atoms with van der Waals surface area (Å²) in [7, 11) is 0. The topological polar surface area (TPSA) is 94.1 Å². The zero-order valence-corrected chi connectivity index (χ0v) is 12.2. The molecule has 112 valence electrons. The summed E-state index contributed by atoms with van der Waals surface area (Å²) in [5.41, 5.74) is 3.50. The van der Waals surface area contributed by atoms with E-state index in [9.17, 15) is 4.79 Å². The molecule has 3 rings (SSSR count). The first-order chi connectivity index (χ1) is 10.6. The van der Waals surface area contributed by atoms with Crippen LogP contribution >= 0.6 is 0 Å². The number of amides is 1. The van der Waals surface area contributed by atoms with Gasteiger partial charge in [0.1, 0.15) is 0 Å². The molecule has 0 aliphatic rings. The second kappa shape index (κ2) is 5.80. The first-order valence-electron chi connectivity index (χ1n) is 6.72. The maximum atomic E-state index is 11.8. The normalized spacial score (nSPS) is 10.6. The summed E-state index contributed by atoms with van der Waals surface area (Å²) in [6.07, 6.45) is 1.89. The van der Waals surface area contributed by atoms with Crippen molar-refractivity contribution in [2.75, 3.05) is 5.32 Å². The highest BCUT2D eigenvalue weighted by molar-refractivity contribution is 6.00. The largest absolute Gasteiger partial charge is 0.407 e. The van der Waals surface area contributed by atoms with Gasteiger partial charge in [-0.05, 0) is 30.5 Å². The Morgan fingerprint density at radius 2 is 2.05 bits per heavy atom. The van der Waals surface area contributed by atoms with Crippen LogP contribution in [0, 0.1) is 13.8 Å². The van der Waals surface area contributed by atoms with Crippen LogP contribution in [0.5, 0.6) is 0 Å². The zero-order chi connectivity index (χ0) is 15.5. The van der Waals surface area contributed by atoms with Gasteiger partial charge in [-0.1, -0.05) is 28.5 Å². The standard InChI is InChI=1S/C15H14N4O3/c1-9-3-4-11(7-10(9)2)8-13-18-19-15(21-13)17-14(20)12-5-6-16-22-12/h3-7H,8H2,1-2H3,(H,17,19,20). The van der Waals surface area contributed by atoms with E-state index in [0.717, 1.165) is 5.56 Å². The predicted molar refractivity (Wildman–Crippen MR) is 77.5 cm³/mol. The average molecular weight is 298 g/mol. The number of nitrogens with one attached hydrogen (secondary N) is 1. The number of carbonyl (C=O) groups excluding carboxylic acids is 1. The molecule has 3 aromatic rings. The number of hydrogen-bond donors (Lipinski definition) is 1. The maximum Gasteiger partial charge on any atom is 0.322 e. The number of rotatable bonds is 4. The quantitative estimate of drug-likeness (QED) is 0.795. The Kier molecular flexibility index (Phi) is 3.69. The summed E-state index contributed by atoms with van der Waals surface area (Å²) >= 11 is 0. The van der Waals surface area contributed by atoms with E-state index in [4.69, 9.17) is 8.94 Å². The minimum Gasteiger partial charge on any atom is -0.407 e. The van der Waals surface area contributed by atoms with Gasteiger partial charge in [-0.15, -0.1) is 5.10 Å². The summed E-state index contributed by atoms with van der Waals surface area (Å²) in [4.78, 5) is 11.8. The highest BCUT2D eigenvalue weighted by atomic mass is 16.5. The van der Waals surface area contributed by atoms with E-state index < -0.39 is 5.91 Å². The Bertz CT molecular complexity index is 793. The van der Waals surface area contributed by atoms with Gasteiger partial charge in [0.2, 0.25) is 11.7 Å². The van der Waals surface area contributed by atoms with Gasteiger partial charge in [0.05, 0.1) is 12.6 Å². The summed E-state index contributed by atoms with van der Waals surface area (Å²) in [5, 5.41) is 13.6. The molecule has 1 amide bonds. The number of nitrogens with zero attached hydrogens (tertiary/aromatic N) is 3. The molecule has 0 radical (unpaired) electrons. The van der Waals surface area contributed by atoms with Gasteiger partial charge in [-0.3, -0.25) is 10.1 Å². The molecule has 0 unspecified atom stereocenters. The third-order valence-electron chi connectivity index (χ3n) is 3.28. The van der Waals surface area contributed by atoms with Crippen LogP contribution in [0.15, 0.2) is 39.4 Å². The molecule has 1 aromatic carbocycles. The van der Waals surface area contributed by atoms with Crippen LogP contribution in [0.4, 0.5) is 6.01 Å². The number of aromatic nitrogens is 3. The molecular formula is C15H14N4O3. The first-order valence-corrected chi connectivity index (χ1v) is 6.72. The molecule has 7 nitrogen and oxygen atoms in total. The van der Waals surface area contributed by atoms with Crippen LogP contribution in [0.3, 0.4) is 0 Å². The van der Waals surface area contributed by atoms with Crippen LogP contribution in [0.1, 0.15) is 33.1 Å². The van der Waals surface area contributed by atoms with Gasteiger partial charge in [0, 0.05) is 6.07 Å². The third kappa shape index (κ3) is 3.03. The van der Waals surface area contributed by atoms with Crippen molar-refractivity contribution in [3.8, 4) is 0 Å². The average Bonchev–Trinajstić information content (AvgIpc) is 3.15. The van der Waals surface area contributed by atoms with E-state index in [-0.39, 0.29) is 11.8 Å². The number of carbonyl (C=O) groups is 1. The summed E-state index contributed by atoms with van der Waals surface area (Å²) < 4.78 is 10.2. The van der Waals surface area contributed by atoms with Crippen molar-refractivity contribution < 1.29 is 13.7 Å². The fraction of sp³-hybridized carbons (Fsp3) is 0.200. The van der Waals surface area contributed by atoms with Crippen molar-refractivity contribution in [3.63, 3.8) is 0 Å². The number of benzene rings is 1. The molecular weight excluding hydrogens is 284 g/mol. The lowest BCUT2D eigenvalue weighted by atomic mass is 10.0. The van der Waals surface area contributed by atoms with Crippen LogP contribution < -0.4 is 5.32 Å². The van der Waals surface area contributed by atoms with E-state index in [1.165, 1.54) is 23.4 Å². The molecule has 22 heavy (non-hydrogen) atoms. The molecule has 0 bridgehead atoms. The van der Waals surface area contributed by atoms with E-state index in [2.05, 4.69) is 40.6 Å². The lowest BCUT2D eigenvalue weighted by molar-refractivity contribution is 0.0985. The summed E-state index contributed by atoms with van der Waals surface area (Å²) in [6.45, 7) is 4.11. The molecule has 0 atom stereocenters. The van der Waals surface area contributed by atoms with Gasteiger partial charge in [-0.25, -0.2) is 0 Å². The highest BCUT2D eigenvalue weighted by Gasteiger charge is 2.14. The van der Waals surface area contributed by atoms with Crippen molar-refractivity contribution in [1.82, 2.24) is 15.4 Å². The second-order valence-electron chi connectivity index (χ2n) is 4.93. The van der Waals surface area contributed by atoms with E-state index in [1.54, 1.807) is 0 Å². The van der Waals surface area contributed by atoms with Crippen molar-refractivity contribution in [3.05, 3.63) is 58.8 Å². The molecule has 0 aliphatic carbocycles. The molecule has 1 N–H and O–H groups in total. The zero-order valence-electron chi connectivity index (χ0n) is 12.2. The summed E-state index contributed by atoms with van der Waals surface area (Å²) in [5.74, 6) is 0.0175. The second-order valence-corrected chi connectivity index (χ2v) is 4.93. The van der Waals surface area contributed by atoms with Crippen molar-refractivity contribution in [2.24, 2.45) is 0 Å². The van der Waals surface area contributed by atoms with Crippen molar-refractivity contribution >= 4 is 11.9 Å². The van der Waals surface area contributed by atoms with Crippen molar-refractivity contribution in [2.45, 2.75) is 20.3 Å². The Morgan fingerprint density at radius 3 is 2.77 bits per heavy atom. The van der Waals surface area contributed by atoms with E-state index in [0.29, 0.717) is 12.3 Å². The minimum absolute atomic E-state index is 0.0280. The maximum absolute atomic E-state index is 11.8. The molecule has 0 saturated heterocycles. The van der Waals surface area contributed by atoms with Gasteiger partial charge in [0.25, 0.3) is 5.91 Å². The Labute approximate surface area is 126 Å². The van der Waals surface area contributed by atoms with Crippen LogP contribution in [-0.4, -0.2) is 21.3 Å². The third-order valence-corrected chi connectivity index (χ3v) is 3.28. The van der Waals surface area contributed by atoms with Crippen molar-refractivity contribution in [1.29, 1.82) is 0 Å². The number of aryl methyl sites for hydroxylation is 2. The Morgan fingerprint density at radius 1 is 1.18 bits per heavy atom. The molecule has 2 aromatic heterocycles. The first kappa shape index (κ1) is 14.0. The Hall–Kier alpha value is -2.96. The van der Waals surface area contributed by atoms with E-state index >= 15 is 0 Å². The molecule has 0 fully saturated rings. The van der Waals surface area contributed by atoms with Crippen LogP contribution in [0.25, 0.3) is 0 Å². The monoisotopic (exact) mass is 298 g/mol. The van der Waals surface area contributed by atoms with Gasteiger partial charge in [0.15, 0.2) is 0 Å². The lowest BCUT2D eigenvalue weighted by Gasteiger charge is -2.02. The molecule has 0 saturated carbocycles. The fourth-order valence-corrected chi connectivity index (χ4v) is 1.96. The molecule has 7 heteroatoms. The van der Waals surface area contributed by atoms with Crippen LogP contribution in [0.2, 0.25) is 0 Å². The Balaban J connectivity index is 1.68. The number of hydrogen-bond acceptors (Lipinski definition) is 6. The lowest BCUT2D eigenvalue weighted by Crippen LogP contribution is -2.11. The number of anilines is 1. The van der Waals surface area contributed by atoms with Crippen LogP contribution in [-0.2, 0) is 6.42 Å². The van der Waals surface area contributed by atoms with Gasteiger partial charge in [-0.2, -0.15) is 0 Å². The fourth-order valence-electron chi connectivity index (χ4n) is 1.96. The summed E-state index contributed by atoms with van der Waals surface area (Å²) in [6, 6.07) is 7.61. The molecule has 0 aliphatic heterocycles. The van der Waals surface area contributed by atoms with E-state index in [1.807, 2.05) is 12.1 Å². The highest BCUT2D eigenvalue weighted by Crippen LogP contribution is 2.15. The predicted octanol–water partition coefficient (Wildman–Crippen LogP) is 2.52. The smallest absolute Gasteiger partial charge is 0.322 e. The minimum atomic E-state index is -0.487. The van der Waals surface area contributed by atoms with Gasteiger partial charge >= 0.3 is 6.01 Å². The SMILES string of the molecule is Cc1ccc(Cc2nnc(NC(=O)c3ccno3)o2)cc1C. The van der Waals surface area contributed by atoms with Gasteiger partial charge < -0.3 is 8.94 Å².